The van der Waals surface area contributed by atoms with Crippen LogP contribution in [-0.4, -0.2) is 30.6 Å². The molecule has 164 valence electrons. The number of phenolic OH excluding ortho intramolecular Hbond substituents is 1. The Hall–Kier alpha value is -3.68. The van der Waals surface area contributed by atoms with Crippen LogP contribution in [0.15, 0.2) is 56.2 Å². The molecule has 2 aliphatic carbocycles. The number of allylic oxidation sites excluding steroid dienone is 6. The number of aromatic hydroxyl groups is 1. The van der Waals surface area contributed by atoms with Crippen molar-refractivity contribution in [2.45, 2.75) is 45.7 Å². The lowest BCUT2D eigenvalue weighted by Gasteiger charge is -2.39. The molecule has 2 atom stereocenters. The predicted octanol–water partition coefficient (Wildman–Crippen LogP) is 1.73. The maximum atomic E-state index is 13.2. The number of phenols is 1. The average molecular weight is 433 g/mol. The highest BCUT2D eigenvalue weighted by molar-refractivity contribution is 6.23. The van der Waals surface area contributed by atoms with Crippen LogP contribution in [0, 0.1) is 13.8 Å². The molecule has 2 aromatic rings. The molecular formula is C24H23N3O5. The predicted molar refractivity (Wildman–Crippen MR) is 117 cm³/mol. The first kappa shape index (κ1) is 20.2. The van der Waals surface area contributed by atoms with Gasteiger partial charge in [0, 0.05) is 36.1 Å². The van der Waals surface area contributed by atoms with Crippen molar-refractivity contribution in [3.63, 3.8) is 0 Å². The number of aromatic nitrogens is 3. The fourth-order valence-corrected chi connectivity index (χ4v) is 5.30. The van der Waals surface area contributed by atoms with Crippen molar-refractivity contribution >= 4 is 11.6 Å². The fraction of sp³-hybridized carbons (Fsp3) is 0.333. The fourth-order valence-electron chi connectivity index (χ4n) is 5.30. The van der Waals surface area contributed by atoms with Gasteiger partial charge in [0.25, 0.3) is 0 Å². The SMILES string of the molecule is CC1=CC(=O)C2=C(C[C@@H]3C(=CCn4c(=O)n(C)c(=O)n43)[C@@H]2c2cc(C)c(O)c(C)c2)C1=O. The lowest BCUT2D eigenvalue weighted by Crippen LogP contribution is -2.40. The molecule has 0 fully saturated rings. The van der Waals surface area contributed by atoms with E-state index in [1.807, 2.05) is 18.2 Å². The van der Waals surface area contributed by atoms with Crippen molar-refractivity contribution in [3.8, 4) is 5.75 Å². The van der Waals surface area contributed by atoms with Gasteiger partial charge in [-0.25, -0.2) is 23.5 Å². The van der Waals surface area contributed by atoms with Crippen molar-refractivity contribution in [1.29, 1.82) is 0 Å². The Bertz CT molecular complexity index is 1430. The highest BCUT2D eigenvalue weighted by Crippen LogP contribution is 2.50. The van der Waals surface area contributed by atoms with E-state index >= 15 is 0 Å². The van der Waals surface area contributed by atoms with Crippen molar-refractivity contribution in [3.05, 3.63) is 84.2 Å². The number of rotatable bonds is 1. The second-order valence-electron chi connectivity index (χ2n) is 8.82. The summed E-state index contributed by atoms with van der Waals surface area (Å²) in [5.41, 5.74) is 3.23. The topological polar surface area (TPSA) is 103 Å². The van der Waals surface area contributed by atoms with Crippen LogP contribution in [0.4, 0.5) is 0 Å². The van der Waals surface area contributed by atoms with Gasteiger partial charge in [-0.2, -0.15) is 0 Å². The first-order valence-corrected chi connectivity index (χ1v) is 10.5. The summed E-state index contributed by atoms with van der Waals surface area (Å²) in [7, 11) is 1.43. The number of ketones is 2. The van der Waals surface area contributed by atoms with Gasteiger partial charge >= 0.3 is 11.4 Å². The summed E-state index contributed by atoms with van der Waals surface area (Å²) in [4.78, 5) is 51.7. The maximum absolute atomic E-state index is 13.2. The molecule has 0 bridgehead atoms. The van der Waals surface area contributed by atoms with Gasteiger partial charge in [-0.1, -0.05) is 18.2 Å². The van der Waals surface area contributed by atoms with E-state index in [2.05, 4.69) is 0 Å². The van der Waals surface area contributed by atoms with Crippen LogP contribution in [0.3, 0.4) is 0 Å². The second-order valence-corrected chi connectivity index (χ2v) is 8.82. The van der Waals surface area contributed by atoms with Crippen LogP contribution in [0.1, 0.15) is 42.0 Å². The molecule has 3 aliphatic rings. The summed E-state index contributed by atoms with van der Waals surface area (Å²) >= 11 is 0. The van der Waals surface area contributed by atoms with E-state index in [1.165, 1.54) is 22.5 Å². The number of hydrogen-bond donors (Lipinski definition) is 1. The first-order chi connectivity index (χ1) is 15.1. The molecule has 8 heteroatoms. The molecule has 0 amide bonds. The zero-order valence-corrected chi connectivity index (χ0v) is 18.3. The molecule has 0 saturated carbocycles. The standard InChI is InChI=1S/C24H23N3O5/c1-11-7-14(8-12(2)21(11)29)19-15-5-6-26-23(31)25(4)24(32)27(26)17(15)10-16-20(19)18(28)9-13(3)22(16)30/h5,7-9,17,19,29H,6,10H2,1-4H3/t17-,19+/m1/s1. The van der Waals surface area contributed by atoms with Gasteiger partial charge in [-0.3, -0.25) is 9.59 Å². The quantitative estimate of drug-likeness (QED) is 0.545. The van der Waals surface area contributed by atoms with E-state index in [4.69, 9.17) is 0 Å². The Labute approximate surface area is 183 Å². The zero-order valence-electron chi connectivity index (χ0n) is 18.3. The Kier molecular flexibility index (Phi) is 4.21. The smallest absolute Gasteiger partial charge is 0.347 e. The Balaban J connectivity index is 1.81. The number of hydrogen-bond acceptors (Lipinski definition) is 5. The molecule has 2 heterocycles. The molecule has 0 saturated heterocycles. The summed E-state index contributed by atoms with van der Waals surface area (Å²) in [6.07, 6.45) is 3.44. The highest BCUT2D eigenvalue weighted by Gasteiger charge is 2.44. The summed E-state index contributed by atoms with van der Waals surface area (Å²) < 4.78 is 3.85. The number of Topliss-reactive ketones (excluding diaryl/α,β-unsaturated/α-hetero) is 1. The molecular weight excluding hydrogens is 410 g/mol. The zero-order chi connectivity index (χ0) is 23.1. The molecule has 0 unspecified atom stereocenters. The van der Waals surface area contributed by atoms with Gasteiger partial charge in [0.15, 0.2) is 11.6 Å². The van der Waals surface area contributed by atoms with Crippen LogP contribution in [0.2, 0.25) is 0 Å². The van der Waals surface area contributed by atoms with Crippen LogP contribution < -0.4 is 11.4 Å². The highest BCUT2D eigenvalue weighted by atomic mass is 16.3. The molecule has 1 N–H and O–H groups in total. The van der Waals surface area contributed by atoms with E-state index in [0.717, 1.165) is 15.7 Å². The molecule has 1 aromatic carbocycles. The molecule has 1 aliphatic heterocycles. The number of carbonyl (C=O) groups excluding carboxylic acids is 2. The maximum Gasteiger partial charge on any atom is 0.347 e. The number of fused-ring (bicyclic) bond motifs is 3. The third kappa shape index (κ3) is 2.55. The van der Waals surface area contributed by atoms with E-state index < -0.39 is 23.3 Å². The Morgan fingerprint density at radius 2 is 1.66 bits per heavy atom. The summed E-state index contributed by atoms with van der Waals surface area (Å²) in [6, 6.07) is 3.09. The third-order valence-electron chi connectivity index (χ3n) is 6.87. The van der Waals surface area contributed by atoms with Crippen LogP contribution in [0.5, 0.6) is 5.75 Å². The minimum atomic E-state index is -0.550. The van der Waals surface area contributed by atoms with Gasteiger partial charge in [-0.15, -0.1) is 0 Å². The molecule has 32 heavy (non-hydrogen) atoms. The van der Waals surface area contributed by atoms with Gasteiger partial charge < -0.3 is 5.11 Å². The van der Waals surface area contributed by atoms with Gasteiger partial charge in [0.2, 0.25) is 0 Å². The van der Waals surface area contributed by atoms with Gasteiger partial charge in [-0.05, 0) is 49.1 Å². The Morgan fingerprint density at radius 3 is 2.31 bits per heavy atom. The van der Waals surface area contributed by atoms with Crippen molar-refractivity contribution < 1.29 is 14.7 Å². The van der Waals surface area contributed by atoms with Crippen LogP contribution in [0.25, 0.3) is 0 Å². The average Bonchev–Trinajstić information content (AvgIpc) is 2.98. The number of carbonyl (C=O) groups is 2. The van der Waals surface area contributed by atoms with Crippen LogP contribution in [-0.2, 0) is 23.2 Å². The van der Waals surface area contributed by atoms with Crippen LogP contribution >= 0.6 is 0 Å². The number of aryl methyl sites for hydroxylation is 2. The van der Waals surface area contributed by atoms with Gasteiger partial charge in [0.05, 0.1) is 12.6 Å². The molecule has 0 radical (unpaired) electrons. The molecule has 0 spiro atoms. The lowest BCUT2D eigenvalue weighted by molar-refractivity contribution is -0.116. The summed E-state index contributed by atoms with van der Waals surface area (Å²) in [5, 5.41) is 10.3. The first-order valence-electron chi connectivity index (χ1n) is 10.5. The minimum absolute atomic E-state index is 0.173. The lowest BCUT2D eigenvalue weighted by atomic mass is 9.67. The van der Waals surface area contributed by atoms with Crippen molar-refractivity contribution in [2.75, 3.05) is 0 Å². The summed E-state index contributed by atoms with van der Waals surface area (Å²) in [6.45, 7) is 5.39. The third-order valence-corrected chi connectivity index (χ3v) is 6.87. The number of nitrogens with zero attached hydrogens (tertiary/aromatic N) is 3. The minimum Gasteiger partial charge on any atom is -0.507 e. The van der Waals surface area contributed by atoms with Crippen molar-refractivity contribution in [2.24, 2.45) is 7.05 Å². The second kappa shape index (κ2) is 6.66. The monoisotopic (exact) mass is 433 g/mol. The molecule has 1 aromatic heterocycles. The molecule has 5 rings (SSSR count). The molecule has 8 nitrogen and oxygen atoms in total. The van der Waals surface area contributed by atoms with Crippen molar-refractivity contribution in [1.82, 2.24) is 13.9 Å². The normalized spacial score (nSPS) is 22.2. The van der Waals surface area contributed by atoms with E-state index in [0.29, 0.717) is 27.8 Å². The van der Waals surface area contributed by atoms with E-state index in [9.17, 15) is 24.3 Å². The van der Waals surface area contributed by atoms with E-state index in [1.54, 1.807) is 20.8 Å². The summed E-state index contributed by atoms with van der Waals surface area (Å²) in [5.74, 6) is -0.783. The Morgan fingerprint density at radius 1 is 1.00 bits per heavy atom. The van der Waals surface area contributed by atoms with E-state index in [-0.39, 0.29) is 30.3 Å². The largest absolute Gasteiger partial charge is 0.507 e. The number of benzene rings is 1. The van der Waals surface area contributed by atoms with Gasteiger partial charge in [0.1, 0.15) is 5.75 Å².